The van der Waals surface area contributed by atoms with Crippen molar-refractivity contribution >= 4 is 17.6 Å². The maximum atomic E-state index is 13.8. The Bertz CT molecular complexity index is 931. The summed E-state index contributed by atoms with van der Waals surface area (Å²) in [4.78, 5) is 27.6. The van der Waals surface area contributed by atoms with Gasteiger partial charge in [-0.1, -0.05) is 102 Å². The third kappa shape index (κ3) is 2.46. The standard InChI is InChI=1S/C26H30O2/c1-24(2,3)19-15-26(25(4,5)6)22(27)18-13-12-17(20(18)21(19)23(26)28)14-16-10-8-7-9-11-16/h7-15,18,20-21H,1-6H3/b17-14+/t18-,20+,21+,26+/m1/s1. The van der Waals surface area contributed by atoms with Gasteiger partial charge in [0.25, 0.3) is 0 Å². The zero-order valence-corrected chi connectivity index (χ0v) is 17.7. The van der Waals surface area contributed by atoms with Gasteiger partial charge in [-0.25, -0.2) is 0 Å². The van der Waals surface area contributed by atoms with E-state index in [0.717, 1.165) is 16.7 Å². The zero-order valence-electron chi connectivity index (χ0n) is 17.7. The molecule has 0 heterocycles. The van der Waals surface area contributed by atoms with Gasteiger partial charge in [-0.05, 0) is 22.0 Å². The quantitative estimate of drug-likeness (QED) is 0.469. The molecule has 3 aliphatic rings. The van der Waals surface area contributed by atoms with Gasteiger partial charge in [0.2, 0.25) is 0 Å². The van der Waals surface area contributed by atoms with Gasteiger partial charge in [0.1, 0.15) is 5.41 Å². The Kier molecular flexibility index (Phi) is 4.02. The van der Waals surface area contributed by atoms with Crippen LogP contribution >= 0.6 is 0 Å². The average molecular weight is 375 g/mol. The van der Waals surface area contributed by atoms with Crippen molar-refractivity contribution in [2.75, 3.05) is 0 Å². The average Bonchev–Trinajstić information content (AvgIpc) is 3.10. The largest absolute Gasteiger partial charge is 0.298 e. The van der Waals surface area contributed by atoms with Crippen molar-refractivity contribution in [3.8, 4) is 0 Å². The third-order valence-electron chi connectivity index (χ3n) is 6.88. The number of hydrogen-bond acceptors (Lipinski definition) is 2. The van der Waals surface area contributed by atoms with Crippen molar-refractivity contribution in [2.24, 2.45) is 34.0 Å². The highest BCUT2D eigenvalue weighted by Crippen LogP contribution is 2.63. The van der Waals surface area contributed by atoms with E-state index in [1.54, 1.807) is 0 Å². The number of rotatable bonds is 1. The summed E-state index contributed by atoms with van der Waals surface area (Å²) < 4.78 is 0. The molecular weight excluding hydrogens is 344 g/mol. The number of carbonyl (C=O) groups is 2. The van der Waals surface area contributed by atoms with Crippen molar-refractivity contribution < 1.29 is 9.59 Å². The van der Waals surface area contributed by atoms with E-state index in [1.165, 1.54) is 0 Å². The Hall–Kier alpha value is -2.22. The molecule has 1 fully saturated rings. The molecular formula is C26H30O2. The van der Waals surface area contributed by atoms with Crippen LogP contribution in [0.4, 0.5) is 0 Å². The first kappa shape index (κ1) is 19.1. The Balaban J connectivity index is 1.90. The predicted octanol–water partition coefficient (Wildman–Crippen LogP) is 5.66. The molecule has 0 aliphatic heterocycles. The lowest BCUT2D eigenvalue weighted by Gasteiger charge is -2.45. The number of fused-ring (bicyclic) bond motifs is 4. The van der Waals surface area contributed by atoms with Crippen LogP contribution in [0, 0.1) is 34.0 Å². The second-order valence-corrected chi connectivity index (χ2v) is 10.6. The molecule has 2 bridgehead atoms. The number of ketones is 2. The first-order valence-corrected chi connectivity index (χ1v) is 10.3. The van der Waals surface area contributed by atoms with E-state index >= 15 is 0 Å². The van der Waals surface area contributed by atoms with Crippen LogP contribution in [0.15, 0.2) is 59.7 Å². The van der Waals surface area contributed by atoms with E-state index < -0.39 is 10.8 Å². The molecule has 1 saturated carbocycles. The summed E-state index contributed by atoms with van der Waals surface area (Å²) in [6, 6.07) is 10.2. The van der Waals surface area contributed by atoms with Crippen LogP contribution in [0.25, 0.3) is 6.08 Å². The van der Waals surface area contributed by atoms with Crippen LogP contribution in [-0.2, 0) is 9.59 Å². The van der Waals surface area contributed by atoms with Crippen molar-refractivity contribution in [2.45, 2.75) is 41.5 Å². The predicted molar refractivity (Wildman–Crippen MR) is 113 cm³/mol. The van der Waals surface area contributed by atoms with Gasteiger partial charge in [-0.2, -0.15) is 0 Å². The first-order valence-electron chi connectivity index (χ1n) is 10.3. The molecule has 0 radical (unpaired) electrons. The van der Waals surface area contributed by atoms with E-state index in [1.807, 2.05) is 45.0 Å². The summed E-state index contributed by atoms with van der Waals surface area (Å²) in [5, 5.41) is 0. The fourth-order valence-electron chi connectivity index (χ4n) is 5.42. The van der Waals surface area contributed by atoms with Gasteiger partial charge in [-0.3, -0.25) is 9.59 Å². The Morgan fingerprint density at radius 2 is 1.57 bits per heavy atom. The molecule has 3 aliphatic carbocycles. The van der Waals surface area contributed by atoms with Crippen LogP contribution in [0.2, 0.25) is 0 Å². The van der Waals surface area contributed by atoms with Gasteiger partial charge < -0.3 is 0 Å². The Labute approximate surface area is 168 Å². The van der Waals surface area contributed by atoms with E-state index in [-0.39, 0.29) is 34.7 Å². The fraction of sp³-hybridized carbons (Fsp3) is 0.462. The molecule has 4 rings (SSSR count). The van der Waals surface area contributed by atoms with Crippen molar-refractivity contribution in [3.05, 3.63) is 65.3 Å². The minimum Gasteiger partial charge on any atom is -0.298 e. The normalized spacial score (nSPS) is 33.4. The topological polar surface area (TPSA) is 34.1 Å². The third-order valence-corrected chi connectivity index (χ3v) is 6.88. The molecule has 2 nitrogen and oxygen atoms in total. The van der Waals surface area contributed by atoms with Crippen LogP contribution < -0.4 is 0 Å². The Morgan fingerprint density at radius 1 is 0.929 bits per heavy atom. The highest BCUT2D eigenvalue weighted by Gasteiger charge is 2.68. The molecule has 0 spiro atoms. The molecule has 1 aromatic carbocycles. The van der Waals surface area contributed by atoms with Crippen LogP contribution in [-0.4, -0.2) is 11.6 Å². The van der Waals surface area contributed by atoms with Crippen LogP contribution in [0.1, 0.15) is 47.1 Å². The molecule has 0 N–H and O–H groups in total. The van der Waals surface area contributed by atoms with E-state index in [4.69, 9.17) is 0 Å². The molecule has 146 valence electrons. The van der Waals surface area contributed by atoms with Crippen LogP contribution in [0.5, 0.6) is 0 Å². The van der Waals surface area contributed by atoms with Crippen molar-refractivity contribution in [3.63, 3.8) is 0 Å². The molecule has 0 amide bonds. The molecule has 0 saturated heterocycles. The number of hydrogen-bond donors (Lipinski definition) is 0. The van der Waals surface area contributed by atoms with Gasteiger partial charge in [0, 0.05) is 17.8 Å². The van der Waals surface area contributed by atoms with Crippen molar-refractivity contribution in [1.29, 1.82) is 0 Å². The lowest BCUT2D eigenvalue weighted by atomic mass is 9.54. The fourth-order valence-corrected chi connectivity index (χ4v) is 5.42. The minimum atomic E-state index is -1.01. The number of allylic oxidation sites excluding steroid dienone is 5. The SMILES string of the molecule is CC(C)(C)C1=C[C@@]2(C(C)(C)C)C(=O)[C@@H]1[C@H]1/C(=C/c3ccccc3)C=C[C@H]1C2=O. The van der Waals surface area contributed by atoms with E-state index in [0.29, 0.717) is 0 Å². The summed E-state index contributed by atoms with van der Waals surface area (Å²) in [5.74, 6) is -0.319. The Morgan fingerprint density at radius 3 is 2.14 bits per heavy atom. The highest BCUT2D eigenvalue weighted by atomic mass is 16.2. The summed E-state index contributed by atoms with van der Waals surface area (Å²) >= 11 is 0. The smallest absolute Gasteiger partial charge is 0.158 e. The summed E-state index contributed by atoms with van der Waals surface area (Å²) in [6.45, 7) is 12.6. The molecule has 0 aromatic heterocycles. The molecule has 1 aromatic rings. The number of carbonyl (C=O) groups excluding carboxylic acids is 2. The highest BCUT2D eigenvalue weighted by molar-refractivity contribution is 6.18. The van der Waals surface area contributed by atoms with Crippen LogP contribution in [0.3, 0.4) is 0 Å². The first-order chi connectivity index (χ1) is 13.0. The van der Waals surface area contributed by atoms with Crippen molar-refractivity contribution in [1.82, 2.24) is 0 Å². The van der Waals surface area contributed by atoms with Gasteiger partial charge in [-0.15, -0.1) is 0 Å². The maximum absolute atomic E-state index is 13.8. The summed E-state index contributed by atoms with van der Waals surface area (Å²) in [7, 11) is 0. The lowest BCUT2D eigenvalue weighted by molar-refractivity contribution is -0.152. The maximum Gasteiger partial charge on any atom is 0.158 e. The van der Waals surface area contributed by atoms with E-state index in [2.05, 4.69) is 51.1 Å². The van der Waals surface area contributed by atoms with Gasteiger partial charge >= 0.3 is 0 Å². The molecule has 4 atom stereocenters. The van der Waals surface area contributed by atoms with Gasteiger partial charge in [0.15, 0.2) is 11.6 Å². The number of Topliss-reactive ketones (excluding diaryl/α,β-unsaturated/α-hetero) is 2. The second-order valence-electron chi connectivity index (χ2n) is 10.6. The van der Waals surface area contributed by atoms with Gasteiger partial charge in [0.05, 0.1) is 0 Å². The molecule has 0 unspecified atom stereocenters. The molecule has 2 heteroatoms. The minimum absolute atomic E-state index is 0.0799. The summed E-state index contributed by atoms with van der Waals surface area (Å²) in [6.07, 6.45) is 8.32. The summed E-state index contributed by atoms with van der Waals surface area (Å²) in [5.41, 5.74) is 1.75. The number of benzene rings is 1. The zero-order chi connectivity index (χ0) is 20.5. The monoisotopic (exact) mass is 374 g/mol. The second kappa shape index (κ2) is 5.89. The van der Waals surface area contributed by atoms with E-state index in [9.17, 15) is 9.59 Å². The lowest BCUT2D eigenvalue weighted by Crippen LogP contribution is -2.56. The molecule has 28 heavy (non-hydrogen) atoms.